The van der Waals surface area contributed by atoms with Gasteiger partial charge in [-0.1, -0.05) is 36.0 Å². The Morgan fingerprint density at radius 3 is 2.76 bits per heavy atom. The van der Waals surface area contributed by atoms with Gasteiger partial charge in [-0.15, -0.1) is 21.5 Å². The van der Waals surface area contributed by atoms with Crippen molar-refractivity contribution in [2.75, 3.05) is 11.4 Å². The van der Waals surface area contributed by atoms with Crippen LogP contribution in [0.15, 0.2) is 53.0 Å². The Kier molecular flexibility index (Phi) is 5.97. The number of rotatable bonds is 8. The minimum atomic E-state index is -0.341. The van der Waals surface area contributed by atoms with Crippen LogP contribution in [0.2, 0.25) is 0 Å². The van der Waals surface area contributed by atoms with Gasteiger partial charge in [0, 0.05) is 18.3 Å². The van der Waals surface area contributed by atoms with E-state index in [-0.39, 0.29) is 11.2 Å². The smallest absolute Gasteiger partial charge is 0.240 e. The molecule has 1 aliphatic carbocycles. The van der Waals surface area contributed by atoms with E-state index in [0.717, 1.165) is 34.4 Å². The fraction of sp³-hybridized carbons (Fsp3) is 0.333. The van der Waals surface area contributed by atoms with Crippen LogP contribution in [0, 0.1) is 11.3 Å². The summed E-state index contributed by atoms with van der Waals surface area (Å²) < 4.78 is 2.18. The van der Waals surface area contributed by atoms with Crippen LogP contribution in [0.4, 0.5) is 5.69 Å². The molecule has 3 aromatic rings. The number of nitriles is 1. The van der Waals surface area contributed by atoms with E-state index in [9.17, 15) is 4.79 Å². The molecule has 0 radical (unpaired) electrons. The number of aromatic nitrogens is 3. The van der Waals surface area contributed by atoms with Gasteiger partial charge in [0.05, 0.1) is 22.6 Å². The standard InChI is InChI=1S/C21H21N5OS2/c1-15(20(27)25(13-6-12-22)16-7-3-2-4-8-16)29-21-24-23-19(18-9-5-14-28-18)26(21)17-10-11-17/h2-5,7-9,14-15,17H,6,10-11,13H2,1H3. The molecular formula is C21H21N5OS2. The molecule has 1 saturated carbocycles. The van der Waals surface area contributed by atoms with Gasteiger partial charge >= 0.3 is 0 Å². The summed E-state index contributed by atoms with van der Waals surface area (Å²) in [5.74, 6) is 0.855. The Bertz CT molecular complexity index is 1010. The monoisotopic (exact) mass is 423 g/mol. The number of thioether (sulfide) groups is 1. The average molecular weight is 424 g/mol. The quantitative estimate of drug-likeness (QED) is 0.488. The fourth-order valence-corrected chi connectivity index (χ4v) is 4.84. The zero-order valence-electron chi connectivity index (χ0n) is 16.1. The SMILES string of the molecule is CC(Sc1nnc(-c2cccs2)n1C1CC1)C(=O)N(CCC#N)c1ccccc1. The van der Waals surface area contributed by atoms with E-state index in [2.05, 4.69) is 26.9 Å². The van der Waals surface area contributed by atoms with Gasteiger partial charge in [-0.2, -0.15) is 5.26 Å². The van der Waals surface area contributed by atoms with E-state index in [4.69, 9.17) is 5.26 Å². The van der Waals surface area contributed by atoms with E-state index in [1.165, 1.54) is 11.8 Å². The number of carbonyl (C=O) groups is 1. The maximum absolute atomic E-state index is 13.2. The van der Waals surface area contributed by atoms with Gasteiger partial charge in [-0.25, -0.2) is 0 Å². The van der Waals surface area contributed by atoms with E-state index in [1.54, 1.807) is 16.2 Å². The molecule has 0 aliphatic heterocycles. The van der Waals surface area contributed by atoms with Crippen LogP contribution in [0.25, 0.3) is 10.7 Å². The van der Waals surface area contributed by atoms with Crippen molar-refractivity contribution in [2.24, 2.45) is 0 Å². The molecule has 0 N–H and O–H groups in total. The molecule has 1 unspecified atom stereocenters. The first kappa shape index (κ1) is 19.7. The number of anilines is 1. The highest BCUT2D eigenvalue weighted by molar-refractivity contribution is 8.00. The second-order valence-corrected chi connectivity index (χ2v) is 9.13. The summed E-state index contributed by atoms with van der Waals surface area (Å²) >= 11 is 3.09. The summed E-state index contributed by atoms with van der Waals surface area (Å²) in [5, 5.41) is 20.3. The number of nitrogens with zero attached hydrogens (tertiary/aromatic N) is 5. The van der Waals surface area contributed by atoms with Crippen molar-refractivity contribution in [3.05, 3.63) is 47.8 Å². The van der Waals surface area contributed by atoms with Gasteiger partial charge in [0.25, 0.3) is 0 Å². The first-order valence-electron chi connectivity index (χ1n) is 9.58. The van der Waals surface area contributed by atoms with Gasteiger partial charge in [0.1, 0.15) is 0 Å². The maximum Gasteiger partial charge on any atom is 0.240 e. The lowest BCUT2D eigenvalue weighted by atomic mass is 10.2. The van der Waals surface area contributed by atoms with Crippen molar-refractivity contribution in [3.8, 4) is 16.8 Å². The van der Waals surface area contributed by atoms with Crippen LogP contribution in [0.5, 0.6) is 0 Å². The van der Waals surface area contributed by atoms with Crippen molar-refractivity contribution in [1.29, 1.82) is 5.26 Å². The normalized spacial score (nSPS) is 14.3. The molecule has 1 aliphatic rings. The highest BCUT2D eigenvalue weighted by Crippen LogP contribution is 2.42. The summed E-state index contributed by atoms with van der Waals surface area (Å²) in [4.78, 5) is 16.0. The summed E-state index contributed by atoms with van der Waals surface area (Å²) in [5.41, 5.74) is 0.808. The molecule has 0 spiro atoms. The predicted octanol–water partition coefficient (Wildman–Crippen LogP) is 4.77. The van der Waals surface area contributed by atoms with Crippen molar-refractivity contribution < 1.29 is 4.79 Å². The van der Waals surface area contributed by atoms with Crippen LogP contribution in [0.3, 0.4) is 0 Å². The van der Waals surface area contributed by atoms with Crippen LogP contribution in [-0.2, 0) is 4.79 Å². The highest BCUT2D eigenvalue weighted by atomic mass is 32.2. The lowest BCUT2D eigenvalue weighted by Gasteiger charge is -2.24. The minimum absolute atomic E-state index is 0.0283. The molecule has 29 heavy (non-hydrogen) atoms. The molecule has 6 nitrogen and oxygen atoms in total. The predicted molar refractivity (Wildman–Crippen MR) is 116 cm³/mol. The Morgan fingerprint density at radius 2 is 2.10 bits per heavy atom. The van der Waals surface area contributed by atoms with E-state index < -0.39 is 0 Å². The lowest BCUT2D eigenvalue weighted by Crippen LogP contribution is -2.37. The molecule has 2 heterocycles. The number of benzene rings is 1. The second-order valence-electron chi connectivity index (χ2n) is 6.88. The molecule has 4 rings (SSSR count). The van der Waals surface area contributed by atoms with Gasteiger partial charge in [0.2, 0.25) is 5.91 Å². The number of thiophene rings is 1. The van der Waals surface area contributed by atoms with E-state index >= 15 is 0 Å². The van der Waals surface area contributed by atoms with Gasteiger partial charge < -0.3 is 4.90 Å². The zero-order chi connectivity index (χ0) is 20.2. The van der Waals surface area contributed by atoms with Crippen LogP contribution in [-0.4, -0.2) is 32.5 Å². The molecule has 0 bridgehead atoms. The molecule has 2 aromatic heterocycles. The van der Waals surface area contributed by atoms with Crippen molar-refractivity contribution in [2.45, 2.75) is 42.6 Å². The molecular weight excluding hydrogens is 402 g/mol. The molecule has 1 fully saturated rings. The Morgan fingerprint density at radius 1 is 1.31 bits per heavy atom. The molecule has 1 atom stereocenters. The largest absolute Gasteiger partial charge is 0.310 e. The van der Waals surface area contributed by atoms with E-state index in [0.29, 0.717) is 19.0 Å². The number of para-hydroxylation sites is 1. The summed E-state index contributed by atoms with van der Waals surface area (Å²) in [6.07, 6.45) is 2.52. The first-order valence-corrected chi connectivity index (χ1v) is 11.3. The average Bonchev–Trinajstić information content (AvgIpc) is 3.26. The van der Waals surface area contributed by atoms with Crippen LogP contribution < -0.4 is 4.90 Å². The first-order chi connectivity index (χ1) is 14.2. The summed E-state index contributed by atoms with van der Waals surface area (Å²) in [6, 6.07) is 16.1. The maximum atomic E-state index is 13.2. The van der Waals surface area contributed by atoms with E-state index in [1.807, 2.05) is 48.7 Å². The Labute approximate surface area is 178 Å². The number of amides is 1. The molecule has 8 heteroatoms. The Hall–Kier alpha value is -2.63. The minimum Gasteiger partial charge on any atom is -0.310 e. The third-order valence-corrected chi connectivity index (χ3v) is 6.64. The van der Waals surface area contributed by atoms with Crippen molar-refractivity contribution in [1.82, 2.24) is 14.8 Å². The van der Waals surface area contributed by atoms with Crippen molar-refractivity contribution in [3.63, 3.8) is 0 Å². The number of hydrogen-bond acceptors (Lipinski definition) is 6. The molecule has 1 amide bonds. The molecule has 148 valence electrons. The van der Waals surface area contributed by atoms with Crippen LogP contribution >= 0.6 is 23.1 Å². The number of carbonyl (C=O) groups excluding carboxylic acids is 1. The van der Waals surface area contributed by atoms with Gasteiger partial charge in [-0.05, 0) is 43.3 Å². The third-order valence-electron chi connectivity index (χ3n) is 4.73. The highest BCUT2D eigenvalue weighted by Gasteiger charge is 2.32. The lowest BCUT2D eigenvalue weighted by molar-refractivity contribution is -0.117. The number of hydrogen-bond donors (Lipinski definition) is 0. The van der Waals surface area contributed by atoms with Crippen LogP contribution in [0.1, 0.15) is 32.2 Å². The fourth-order valence-electron chi connectivity index (χ4n) is 3.16. The molecule has 1 aromatic carbocycles. The van der Waals surface area contributed by atoms with Gasteiger partial charge in [0.15, 0.2) is 11.0 Å². The third kappa shape index (κ3) is 4.36. The zero-order valence-corrected chi connectivity index (χ0v) is 17.7. The Balaban J connectivity index is 1.56. The topological polar surface area (TPSA) is 74.8 Å². The molecule has 0 saturated heterocycles. The summed E-state index contributed by atoms with van der Waals surface area (Å²) in [7, 11) is 0. The van der Waals surface area contributed by atoms with Gasteiger partial charge in [-0.3, -0.25) is 9.36 Å². The second kappa shape index (κ2) is 8.80. The van der Waals surface area contributed by atoms with Crippen molar-refractivity contribution >= 4 is 34.7 Å². The summed E-state index contributed by atoms with van der Waals surface area (Å²) in [6.45, 7) is 2.27.